The number of benzene rings is 1. The van der Waals surface area contributed by atoms with Crippen molar-refractivity contribution in [3.63, 3.8) is 0 Å². The number of nitrogens with zero attached hydrogens (tertiary/aromatic N) is 2. The van der Waals surface area contributed by atoms with E-state index in [1.807, 2.05) is 12.1 Å². The van der Waals surface area contributed by atoms with Crippen LogP contribution in [0.2, 0.25) is 0 Å². The molecule has 1 unspecified atom stereocenters. The largest absolute Gasteiger partial charge is 0.419 e. The highest BCUT2D eigenvalue weighted by Crippen LogP contribution is 2.20. The van der Waals surface area contributed by atoms with E-state index < -0.39 is 6.10 Å². The highest BCUT2D eigenvalue weighted by Gasteiger charge is 2.17. The molecule has 6 heteroatoms. The SMILES string of the molecule is Cn1c(=O)oc2ccc(C(O)CN3CCNCC3)cc21. The van der Waals surface area contributed by atoms with Crippen molar-refractivity contribution in [3.05, 3.63) is 34.3 Å². The van der Waals surface area contributed by atoms with Gasteiger partial charge in [0.1, 0.15) is 0 Å². The lowest BCUT2D eigenvalue weighted by Gasteiger charge is -2.29. The van der Waals surface area contributed by atoms with E-state index in [1.54, 1.807) is 13.1 Å². The number of aryl methyl sites for hydroxylation is 1. The Morgan fingerprint density at radius 3 is 2.90 bits per heavy atom. The molecule has 1 atom stereocenters. The quantitative estimate of drug-likeness (QED) is 0.831. The third kappa shape index (κ3) is 2.49. The fraction of sp³-hybridized carbons (Fsp3) is 0.500. The lowest BCUT2D eigenvalue weighted by atomic mass is 10.1. The second-order valence-corrected chi connectivity index (χ2v) is 5.22. The van der Waals surface area contributed by atoms with Crippen LogP contribution in [0.3, 0.4) is 0 Å². The van der Waals surface area contributed by atoms with Crippen molar-refractivity contribution in [2.75, 3.05) is 32.7 Å². The molecule has 0 aliphatic carbocycles. The number of β-amino-alcohol motifs (C(OH)–C–C–N with tert-alkyl or cyclic N) is 1. The number of hydrogen-bond acceptors (Lipinski definition) is 5. The first-order valence-electron chi connectivity index (χ1n) is 6.86. The van der Waals surface area contributed by atoms with Crippen LogP contribution >= 0.6 is 0 Å². The smallest absolute Gasteiger partial charge is 0.408 e. The van der Waals surface area contributed by atoms with E-state index in [1.165, 1.54) is 4.57 Å². The minimum Gasteiger partial charge on any atom is -0.408 e. The van der Waals surface area contributed by atoms with Gasteiger partial charge in [-0.05, 0) is 17.7 Å². The average molecular weight is 277 g/mol. The van der Waals surface area contributed by atoms with Gasteiger partial charge in [-0.1, -0.05) is 6.07 Å². The number of oxazole rings is 1. The molecule has 0 radical (unpaired) electrons. The van der Waals surface area contributed by atoms with E-state index in [4.69, 9.17) is 4.42 Å². The Morgan fingerprint density at radius 1 is 1.40 bits per heavy atom. The van der Waals surface area contributed by atoms with Gasteiger partial charge in [0.25, 0.3) is 0 Å². The third-order valence-corrected chi connectivity index (χ3v) is 3.84. The Kier molecular flexibility index (Phi) is 3.60. The maximum absolute atomic E-state index is 11.5. The van der Waals surface area contributed by atoms with Gasteiger partial charge >= 0.3 is 5.76 Å². The van der Waals surface area contributed by atoms with Crippen LogP contribution in [0, 0.1) is 0 Å². The van der Waals surface area contributed by atoms with Crippen LogP contribution in [-0.4, -0.2) is 47.3 Å². The van der Waals surface area contributed by atoms with E-state index in [2.05, 4.69) is 10.2 Å². The van der Waals surface area contributed by atoms with Crippen LogP contribution in [0.4, 0.5) is 0 Å². The monoisotopic (exact) mass is 277 g/mol. The molecule has 0 spiro atoms. The molecule has 1 fully saturated rings. The first-order valence-corrected chi connectivity index (χ1v) is 6.86. The molecule has 1 aromatic heterocycles. The number of piperazine rings is 1. The molecule has 0 amide bonds. The summed E-state index contributed by atoms with van der Waals surface area (Å²) in [6, 6.07) is 5.39. The Morgan fingerprint density at radius 2 is 2.15 bits per heavy atom. The molecule has 1 saturated heterocycles. The van der Waals surface area contributed by atoms with Gasteiger partial charge in [-0.25, -0.2) is 4.79 Å². The van der Waals surface area contributed by atoms with Gasteiger partial charge in [0.05, 0.1) is 11.6 Å². The molecule has 1 aromatic carbocycles. The Labute approximate surface area is 116 Å². The Bertz CT molecular complexity index is 655. The molecular weight excluding hydrogens is 258 g/mol. The van der Waals surface area contributed by atoms with Gasteiger partial charge in [-0.2, -0.15) is 0 Å². The summed E-state index contributed by atoms with van der Waals surface area (Å²) in [4.78, 5) is 13.7. The van der Waals surface area contributed by atoms with Crippen molar-refractivity contribution >= 4 is 11.1 Å². The van der Waals surface area contributed by atoms with Gasteiger partial charge in [0.15, 0.2) is 5.58 Å². The van der Waals surface area contributed by atoms with Gasteiger partial charge < -0.3 is 14.8 Å². The van der Waals surface area contributed by atoms with Crippen LogP contribution in [0.5, 0.6) is 0 Å². The number of rotatable bonds is 3. The summed E-state index contributed by atoms with van der Waals surface area (Å²) in [6.45, 7) is 4.43. The number of fused-ring (bicyclic) bond motifs is 1. The normalized spacial score (nSPS) is 18.5. The van der Waals surface area contributed by atoms with E-state index in [0.717, 1.165) is 31.7 Å². The first-order chi connectivity index (χ1) is 9.65. The standard InChI is InChI=1S/C14H19N3O3/c1-16-11-8-10(2-3-13(11)20-14(16)19)12(18)9-17-6-4-15-5-7-17/h2-3,8,12,15,18H,4-7,9H2,1H3. The lowest BCUT2D eigenvalue weighted by Crippen LogP contribution is -2.44. The Balaban J connectivity index is 1.81. The van der Waals surface area contributed by atoms with Crippen molar-refractivity contribution in [1.29, 1.82) is 0 Å². The Hall–Kier alpha value is -1.63. The van der Waals surface area contributed by atoms with Crippen LogP contribution in [-0.2, 0) is 7.05 Å². The van der Waals surface area contributed by atoms with Crippen LogP contribution < -0.4 is 11.1 Å². The van der Waals surface area contributed by atoms with E-state index >= 15 is 0 Å². The zero-order chi connectivity index (χ0) is 14.1. The summed E-state index contributed by atoms with van der Waals surface area (Å²) in [5, 5.41) is 13.6. The minimum atomic E-state index is -0.553. The molecule has 0 saturated carbocycles. The minimum absolute atomic E-state index is 0.381. The predicted molar refractivity (Wildman–Crippen MR) is 75.7 cm³/mol. The van der Waals surface area contributed by atoms with Crippen molar-refractivity contribution in [2.45, 2.75) is 6.10 Å². The topological polar surface area (TPSA) is 70.6 Å². The summed E-state index contributed by atoms with van der Waals surface area (Å²) in [5.41, 5.74) is 2.08. The van der Waals surface area contributed by atoms with Gasteiger partial charge in [0, 0.05) is 39.8 Å². The van der Waals surface area contributed by atoms with Crippen molar-refractivity contribution < 1.29 is 9.52 Å². The van der Waals surface area contributed by atoms with Crippen LogP contribution in [0.1, 0.15) is 11.7 Å². The fourth-order valence-electron chi connectivity index (χ4n) is 2.59. The molecule has 0 bridgehead atoms. The summed E-state index contributed by atoms with van der Waals surface area (Å²) in [6.07, 6.45) is -0.553. The molecule has 20 heavy (non-hydrogen) atoms. The predicted octanol–water partition coefficient (Wildman–Crippen LogP) is 0.0701. The molecular formula is C14H19N3O3. The highest BCUT2D eigenvalue weighted by atomic mass is 16.4. The average Bonchev–Trinajstić information content (AvgIpc) is 2.75. The van der Waals surface area contributed by atoms with E-state index in [-0.39, 0.29) is 5.76 Å². The zero-order valence-electron chi connectivity index (χ0n) is 11.5. The molecule has 1 aliphatic rings. The maximum atomic E-state index is 11.5. The molecule has 2 heterocycles. The van der Waals surface area contributed by atoms with Crippen molar-refractivity contribution in [3.8, 4) is 0 Å². The third-order valence-electron chi connectivity index (χ3n) is 3.84. The lowest BCUT2D eigenvalue weighted by molar-refractivity contribution is 0.106. The number of aliphatic hydroxyl groups excluding tert-OH is 1. The summed E-state index contributed by atoms with van der Waals surface area (Å²) in [5.74, 6) is -0.381. The second-order valence-electron chi connectivity index (χ2n) is 5.22. The van der Waals surface area contributed by atoms with Crippen molar-refractivity contribution in [2.24, 2.45) is 7.05 Å². The molecule has 3 rings (SSSR count). The van der Waals surface area contributed by atoms with E-state index in [0.29, 0.717) is 17.6 Å². The van der Waals surface area contributed by atoms with Crippen LogP contribution in [0.15, 0.2) is 27.4 Å². The molecule has 6 nitrogen and oxygen atoms in total. The number of aromatic nitrogens is 1. The van der Waals surface area contributed by atoms with Gasteiger partial charge in [-0.15, -0.1) is 0 Å². The highest BCUT2D eigenvalue weighted by molar-refractivity contribution is 5.73. The van der Waals surface area contributed by atoms with Gasteiger partial charge in [0.2, 0.25) is 0 Å². The number of hydrogen-bond donors (Lipinski definition) is 2. The molecule has 2 aromatic rings. The second kappa shape index (κ2) is 5.40. The fourth-order valence-corrected chi connectivity index (χ4v) is 2.59. The van der Waals surface area contributed by atoms with Gasteiger partial charge in [-0.3, -0.25) is 9.47 Å². The zero-order valence-corrected chi connectivity index (χ0v) is 11.5. The summed E-state index contributed by atoms with van der Waals surface area (Å²) >= 11 is 0. The van der Waals surface area contributed by atoms with Crippen LogP contribution in [0.25, 0.3) is 11.1 Å². The first kappa shape index (κ1) is 13.4. The number of nitrogens with one attached hydrogen (secondary N) is 1. The van der Waals surface area contributed by atoms with E-state index in [9.17, 15) is 9.90 Å². The summed E-state index contributed by atoms with van der Waals surface area (Å²) in [7, 11) is 1.67. The number of aliphatic hydroxyl groups is 1. The summed E-state index contributed by atoms with van der Waals surface area (Å²) < 4.78 is 6.55. The van der Waals surface area contributed by atoms with Crippen molar-refractivity contribution in [1.82, 2.24) is 14.8 Å². The maximum Gasteiger partial charge on any atom is 0.419 e. The molecule has 108 valence electrons. The molecule has 2 N–H and O–H groups in total. The molecule has 1 aliphatic heterocycles.